The predicted molar refractivity (Wildman–Crippen MR) is 93.3 cm³/mol. The van der Waals surface area contributed by atoms with Crippen LogP contribution in [0, 0.1) is 0 Å². The van der Waals surface area contributed by atoms with Crippen molar-refractivity contribution in [2.24, 2.45) is 0 Å². The van der Waals surface area contributed by atoms with Crippen LogP contribution in [0.1, 0.15) is 36.0 Å². The van der Waals surface area contributed by atoms with Gasteiger partial charge in [0.25, 0.3) is 0 Å². The summed E-state index contributed by atoms with van der Waals surface area (Å²) < 4.78 is 5.63. The maximum atomic E-state index is 12.1. The third kappa shape index (κ3) is 4.08. The molecular formula is C19H20ClNO3. The van der Waals surface area contributed by atoms with Crippen molar-refractivity contribution >= 4 is 17.5 Å². The lowest BCUT2D eigenvalue weighted by Crippen LogP contribution is -2.31. The van der Waals surface area contributed by atoms with Gasteiger partial charge in [-0.05, 0) is 35.7 Å². The number of halogens is 1. The highest BCUT2D eigenvalue weighted by Gasteiger charge is 2.22. The van der Waals surface area contributed by atoms with E-state index in [0.717, 1.165) is 17.7 Å². The summed E-state index contributed by atoms with van der Waals surface area (Å²) in [5.41, 5.74) is 1.81. The van der Waals surface area contributed by atoms with Gasteiger partial charge in [0.2, 0.25) is 5.91 Å². The van der Waals surface area contributed by atoms with Gasteiger partial charge in [-0.1, -0.05) is 41.9 Å². The van der Waals surface area contributed by atoms with Crippen LogP contribution in [0.2, 0.25) is 5.02 Å². The van der Waals surface area contributed by atoms with Crippen LogP contribution in [0.25, 0.3) is 0 Å². The number of aliphatic hydroxyl groups excluding tert-OH is 1. The fourth-order valence-electron chi connectivity index (χ4n) is 2.92. The summed E-state index contributed by atoms with van der Waals surface area (Å²) in [6, 6.07) is 14.8. The minimum Gasteiger partial charge on any atom is -0.493 e. The molecule has 0 saturated carbocycles. The summed E-state index contributed by atoms with van der Waals surface area (Å²) in [4.78, 5) is 12.1. The van der Waals surface area contributed by atoms with E-state index in [0.29, 0.717) is 23.7 Å². The molecule has 0 spiro atoms. The first-order valence-corrected chi connectivity index (χ1v) is 8.43. The van der Waals surface area contributed by atoms with E-state index in [-0.39, 0.29) is 18.2 Å². The second-order valence-corrected chi connectivity index (χ2v) is 6.38. The largest absolute Gasteiger partial charge is 0.493 e. The number of fused-ring (bicyclic) bond motifs is 1. The quantitative estimate of drug-likeness (QED) is 0.872. The fraction of sp³-hybridized carbons (Fsp3) is 0.316. The molecule has 2 aromatic carbocycles. The number of aliphatic hydroxyl groups is 1. The van der Waals surface area contributed by atoms with Gasteiger partial charge in [-0.25, -0.2) is 0 Å². The van der Waals surface area contributed by atoms with Crippen molar-refractivity contribution in [3.8, 4) is 5.75 Å². The van der Waals surface area contributed by atoms with Crippen molar-refractivity contribution in [3.05, 3.63) is 64.7 Å². The molecule has 126 valence electrons. The third-order valence-electron chi connectivity index (χ3n) is 4.26. The normalized spacial score (nSPS) is 17.5. The molecule has 0 aliphatic carbocycles. The first-order chi connectivity index (χ1) is 11.6. The van der Waals surface area contributed by atoms with Crippen LogP contribution in [0.3, 0.4) is 0 Å². The molecule has 0 unspecified atom stereocenters. The van der Waals surface area contributed by atoms with E-state index in [4.69, 9.17) is 16.3 Å². The molecule has 2 atom stereocenters. The van der Waals surface area contributed by atoms with Gasteiger partial charge in [0.15, 0.2) is 0 Å². The van der Waals surface area contributed by atoms with Gasteiger partial charge in [0.05, 0.1) is 19.1 Å². The molecule has 1 aliphatic heterocycles. The Kier molecular flexibility index (Phi) is 5.38. The van der Waals surface area contributed by atoms with Crippen LogP contribution in [-0.4, -0.2) is 24.2 Å². The molecule has 24 heavy (non-hydrogen) atoms. The lowest BCUT2D eigenvalue weighted by Gasteiger charge is -2.26. The number of carbonyl (C=O) groups is 1. The summed E-state index contributed by atoms with van der Waals surface area (Å²) in [7, 11) is 0. The number of nitrogens with one attached hydrogen (secondary N) is 1. The molecule has 2 aromatic rings. The summed E-state index contributed by atoms with van der Waals surface area (Å²) >= 11 is 5.83. The van der Waals surface area contributed by atoms with Crippen molar-refractivity contribution in [3.63, 3.8) is 0 Å². The zero-order valence-corrected chi connectivity index (χ0v) is 14.0. The number of rotatable bonds is 5. The van der Waals surface area contributed by atoms with Crippen LogP contribution >= 0.6 is 11.6 Å². The molecule has 1 heterocycles. The number of carbonyl (C=O) groups excluding carboxylic acids is 1. The zero-order valence-electron chi connectivity index (χ0n) is 13.2. The summed E-state index contributed by atoms with van der Waals surface area (Å²) in [5, 5.41) is 13.7. The topological polar surface area (TPSA) is 58.6 Å². The monoisotopic (exact) mass is 345 g/mol. The van der Waals surface area contributed by atoms with Gasteiger partial charge in [-0.3, -0.25) is 4.79 Å². The molecule has 3 rings (SSSR count). The van der Waals surface area contributed by atoms with Crippen molar-refractivity contribution in [1.82, 2.24) is 5.32 Å². The van der Waals surface area contributed by atoms with Crippen molar-refractivity contribution < 1.29 is 14.6 Å². The first-order valence-electron chi connectivity index (χ1n) is 8.05. The molecule has 1 amide bonds. The van der Waals surface area contributed by atoms with Crippen LogP contribution in [0.4, 0.5) is 0 Å². The van der Waals surface area contributed by atoms with Crippen LogP contribution in [-0.2, 0) is 4.79 Å². The minimum atomic E-state index is -0.829. The average Bonchev–Trinajstić information content (AvgIpc) is 2.60. The Morgan fingerprint density at radius 1 is 1.25 bits per heavy atom. The Morgan fingerprint density at radius 2 is 2.00 bits per heavy atom. The van der Waals surface area contributed by atoms with E-state index >= 15 is 0 Å². The van der Waals surface area contributed by atoms with Crippen LogP contribution in [0.15, 0.2) is 48.5 Å². The second-order valence-electron chi connectivity index (χ2n) is 5.95. The van der Waals surface area contributed by atoms with Crippen molar-refractivity contribution in [2.45, 2.75) is 24.9 Å². The van der Waals surface area contributed by atoms with Gasteiger partial charge in [0, 0.05) is 17.5 Å². The molecule has 5 heteroatoms. The van der Waals surface area contributed by atoms with Crippen LogP contribution < -0.4 is 10.1 Å². The van der Waals surface area contributed by atoms with Crippen molar-refractivity contribution in [2.75, 3.05) is 13.2 Å². The van der Waals surface area contributed by atoms with Crippen LogP contribution in [0.5, 0.6) is 5.75 Å². The molecule has 0 fully saturated rings. The molecule has 0 aromatic heterocycles. The molecule has 0 radical (unpaired) electrons. The maximum Gasteiger partial charge on any atom is 0.222 e. The summed E-state index contributed by atoms with van der Waals surface area (Å²) in [6.45, 7) is 1.21. The number of para-hydroxylation sites is 1. The van der Waals surface area contributed by atoms with E-state index in [1.165, 1.54) is 0 Å². The number of ether oxygens (including phenoxy) is 1. The van der Waals surface area contributed by atoms with E-state index < -0.39 is 6.10 Å². The minimum absolute atomic E-state index is 0.0342. The van der Waals surface area contributed by atoms with E-state index in [2.05, 4.69) is 5.32 Å². The molecule has 4 nitrogen and oxygen atoms in total. The van der Waals surface area contributed by atoms with Gasteiger partial charge in [-0.2, -0.15) is 0 Å². The zero-order chi connectivity index (χ0) is 16.9. The highest BCUT2D eigenvalue weighted by molar-refractivity contribution is 6.30. The Balaban J connectivity index is 1.54. The number of amides is 1. The van der Waals surface area contributed by atoms with E-state index in [1.807, 2.05) is 24.3 Å². The fourth-order valence-corrected chi connectivity index (χ4v) is 3.04. The van der Waals surface area contributed by atoms with Gasteiger partial charge >= 0.3 is 0 Å². The lowest BCUT2D eigenvalue weighted by molar-refractivity contribution is -0.123. The van der Waals surface area contributed by atoms with E-state index in [9.17, 15) is 9.90 Å². The smallest absolute Gasteiger partial charge is 0.222 e. The van der Waals surface area contributed by atoms with Gasteiger partial charge in [-0.15, -0.1) is 0 Å². The van der Waals surface area contributed by atoms with Gasteiger partial charge < -0.3 is 15.2 Å². The predicted octanol–water partition coefficient (Wildman–Crippen LogP) is 3.45. The lowest BCUT2D eigenvalue weighted by atomic mass is 9.93. The highest BCUT2D eigenvalue weighted by Crippen LogP contribution is 2.32. The molecule has 0 bridgehead atoms. The second kappa shape index (κ2) is 7.69. The first kappa shape index (κ1) is 16.8. The van der Waals surface area contributed by atoms with E-state index in [1.54, 1.807) is 24.3 Å². The highest BCUT2D eigenvalue weighted by atomic mass is 35.5. The Labute approximate surface area is 146 Å². The Bertz CT molecular complexity index is 702. The molecule has 2 N–H and O–H groups in total. The number of hydrogen-bond donors (Lipinski definition) is 2. The molecule has 0 saturated heterocycles. The summed E-state index contributed by atoms with van der Waals surface area (Å²) in [5.74, 6) is 0.970. The summed E-state index contributed by atoms with van der Waals surface area (Å²) in [6.07, 6.45) is 0.0769. The Morgan fingerprint density at radius 3 is 2.79 bits per heavy atom. The SMILES string of the molecule is O=C(C[C@H](O)c1ccc(Cl)cc1)NC[C@H]1CCOc2ccccc21. The third-order valence-corrected chi connectivity index (χ3v) is 4.51. The Hall–Kier alpha value is -2.04. The standard InChI is InChI=1S/C19H20ClNO3/c20-15-7-5-13(6-8-15)17(22)11-19(23)21-12-14-9-10-24-18-4-2-1-3-16(14)18/h1-8,14,17,22H,9-12H2,(H,21,23)/t14-,17+/m1/s1. The van der Waals surface area contributed by atoms with Crippen molar-refractivity contribution in [1.29, 1.82) is 0 Å². The number of hydrogen-bond acceptors (Lipinski definition) is 3. The average molecular weight is 346 g/mol. The number of benzene rings is 2. The maximum absolute atomic E-state index is 12.1. The molecular weight excluding hydrogens is 326 g/mol. The van der Waals surface area contributed by atoms with Gasteiger partial charge in [0.1, 0.15) is 5.75 Å². The molecule has 1 aliphatic rings.